The Kier molecular flexibility index (Phi) is 5.34. The normalized spacial score (nSPS) is 26.0. The second-order valence-corrected chi connectivity index (χ2v) is 9.59. The van der Waals surface area contributed by atoms with Gasteiger partial charge in [-0.1, -0.05) is 11.6 Å². The van der Waals surface area contributed by atoms with Crippen LogP contribution in [0.1, 0.15) is 12.8 Å². The Morgan fingerprint density at radius 3 is 2.82 bits per heavy atom. The van der Waals surface area contributed by atoms with Crippen LogP contribution in [0.5, 0.6) is 0 Å². The van der Waals surface area contributed by atoms with E-state index in [1.54, 1.807) is 17.7 Å². The largest absolute Gasteiger partial charge is 0.381 e. The third kappa shape index (κ3) is 3.76. The van der Waals surface area contributed by atoms with Gasteiger partial charge in [0.1, 0.15) is 5.82 Å². The fourth-order valence-corrected chi connectivity index (χ4v) is 5.56. The van der Waals surface area contributed by atoms with E-state index in [0.29, 0.717) is 18.8 Å². The average molecular weight is 429 g/mol. The van der Waals surface area contributed by atoms with Crippen molar-refractivity contribution in [1.29, 1.82) is 0 Å². The molecular formula is C18H22ClFN4O3S. The summed E-state index contributed by atoms with van der Waals surface area (Å²) in [5.41, 5.74) is 0.650. The Labute approximate surface area is 168 Å². The summed E-state index contributed by atoms with van der Waals surface area (Å²) in [4.78, 5) is 4.01. The van der Waals surface area contributed by atoms with Crippen molar-refractivity contribution in [2.45, 2.75) is 30.0 Å². The molecule has 3 heterocycles. The van der Waals surface area contributed by atoms with Crippen molar-refractivity contribution in [3.8, 4) is 0 Å². The molecule has 1 aromatic carbocycles. The highest BCUT2D eigenvalue weighted by Crippen LogP contribution is 2.33. The first-order valence-corrected chi connectivity index (χ1v) is 11.0. The molecule has 1 N–H and O–H groups in total. The third-order valence-corrected chi connectivity index (χ3v) is 7.34. The highest BCUT2D eigenvalue weighted by Gasteiger charge is 2.44. The molecule has 2 saturated heterocycles. The van der Waals surface area contributed by atoms with Gasteiger partial charge in [-0.15, -0.1) is 0 Å². The molecule has 0 aliphatic carbocycles. The van der Waals surface area contributed by atoms with Crippen LogP contribution in [0.4, 0.5) is 10.1 Å². The molecule has 4 rings (SSSR count). The van der Waals surface area contributed by atoms with E-state index >= 15 is 0 Å². The zero-order valence-corrected chi connectivity index (χ0v) is 17.0. The summed E-state index contributed by atoms with van der Waals surface area (Å²) in [5, 5.41) is 3.39. The van der Waals surface area contributed by atoms with Crippen molar-refractivity contribution >= 4 is 27.3 Å². The van der Waals surface area contributed by atoms with E-state index in [0.717, 1.165) is 12.8 Å². The summed E-state index contributed by atoms with van der Waals surface area (Å²) in [6, 6.07) is 4.23. The molecule has 0 radical (unpaired) electrons. The highest BCUT2D eigenvalue weighted by molar-refractivity contribution is 7.89. The lowest BCUT2D eigenvalue weighted by Crippen LogP contribution is -2.35. The molecule has 28 heavy (non-hydrogen) atoms. The predicted octanol–water partition coefficient (Wildman–Crippen LogP) is 2.49. The maximum atomic E-state index is 13.5. The first kappa shape index (κ1) is 19.6. The van der Waals surface area contributed by atoms with E-state index in [-0.39, 0.29) is 34.7 Å². The number of rotatable bonds is 5. The SMILES string of the molecule is Cn1cnc(S(=O)(=O)N2C[C@@H](Nc3ccc(F)c(Cl)c3)[C@H](C3CCCO3)C2)c1. The summed E-state index contributed by atoms with van der Waals surface area (Å²) < 4.78 is 48.4. The smallest absolute Gasteiger partial charge is 0.262 e. The summed E-state index contributed by atoms with van der Waals surface area (Å²) >= 11 is 5.89. The molecule has 7 nitrogen and oxygen atoms in total. The molecule has 2 aromatic rings. The Balaban J connectivity index is 1.59. The third-order valence-electron chi connectivity index (χ3n) is 5.33. The van der Waals surface area contributed by atoms with Gasteiger partial charge in [-0.3, -0.25) is 0 Å². The fourth-order valence-electron chi connectivity index (χ4n) is 3.91. The van der Waals surface area contributed by atoms with Crippen molar-refractivity contribution in [2.24, 2.45) is 13.0 Å². The number of imidazole rings is 1. The van der Waals surface area contributed by atoms with Crippen LogP contribution in [0.2, 0.25) is 5.02 Å². The predicted molar refractivity (Wildman–Crippen MR) is 103 cm³/mol. The number of ether oxygens (including phenoxy) is 1. The van der Waals surface area contributed by atoms with Gasteiger partial charge in [0, 0.05) is 50.6 Å². The standard InChI is InChI=1S/C18H22ClFN4O3S/c1-23-10-18(21-11-23)28(25,26)24-8-13(17-3-2-6-27-17)16(9-24)22-12-4-5-15(20)14(19)7-12/h4-5,7,10-11,13,16-17,22H,2-3,6,8-9H2,1H3/t13-,16-,17?/m1/s1. The molecule has 2 aliphatic heterocycles. The Morgan fingerprint density at radius 1 is 1.36 bits per heavy atom. The molecule has 152 valence electrons. The number of aryl methyl sites for hydroxylation is 1. The summed E-state index contributed by atoms with van der Waals surface area (Å²) in [7, 11) is -1.97. The molecule has 1 unspecified atom stereocenters. The number of halogens is 2. The molecule has 0 bridgehead atoms. The van der Waals surface area contributed by atoms with Crippen LogP contribution in [0.25, 0.3) is 0 Å². The van der Waals surface area contributed by atoms with Crippen LogP contribution in [-0.4, -0.2) is 54.1 Å². The molecule has 0 spiro atoms. The van der Waals surface area contributed by atoms with Crippen LogP contribution >= 0.6 is 11.6 Å². The Morgan fingerprint density at radius 2 is 2.18 bits per heavy atom. The number of benzene rings is 1. The molecule has 2 aliphatic rings. The first-order chi connectivity index (χ1) is 13.3. The van der Waals surface area contributed by atoms with E-state index in [1.807, 2.05) is 0 Å². The quantitative estimate of drug-likeness (QED) is 0.791. The molecule has 0 saturated carbocycles. The summed E-state index contributed by atoms with van der Waals surface area (Å²) in [6.07, 6.45) is 4.80. The zero-order chi connectivity index (χ0) is 19.9. The van der Waals surface area contributed by atoms with Gasteiger partial charge >= 0.3 is 0 Å². The molecule has 0 amide bonds. The summed E-state index contributed by atoms with van der Waals surface area (Å²) in [5.74, 6) is -0.515. The minimum atomic E-state index is -3.70. The number of sulfonamides is 1. The number of anilines is 1. The average Bonchev–Trinajstić information content (AvgIpc) is 3.38. The maximum Gasteiger partial charge on any atom is 0.262 e. The molecule has 10 heteroatoms. The van der Waals surface area contributed by atoms with Gasteiger partial charge in [0.05, 0.1) is 17.5 Å². The van der Waals surface area contributed by atoms with Crippen LogP contribution in [0, 0.1) is 11.7 Å². The van der Waals surface area contributed by atoms with Crippen LogP contribution < -0.4 is 5.32 Å². The van der Waals surface area contributed by atoms with Gasteiger partial charge in [0.2, 0.25) is 0 Å². The zero-order valence-electron chi connectivity index (χ0n) is 15.4. The van der Waals surface area contributed by atoms with Crippen LogP contribution in [0.3, 0.4) is 0 Å². The topological polar surface area (TPSA) is 76.5 Å². The van der Waals surface area contributed by atoms with Gasteiger partial charge in [0.25, 0.3) is 10.0 Å². The van der Waals surface area contributed by atoms with E-state index < -0.39 is 15.8 Å². The maximum absolute atomic E-state index is 13.5. The number of hydrogen-bond donors (Lipinski definition) is 1. The molecule has 1 aromatic heterocycles. The molecular weight excluding hydrogens is 407 g/mol. The van der Waals surface area contributed by atoms with Gasteiger partial charge < -0.3 is 14.6 Å². The van der Waals surface area contributed by atoms with Crippen molar-refractivity contribution < 1.29 is 17.5 Å². The minimum Gasteiger partial charge on any atom is -0.381 e. The Bertz CT molecular complexity index is 961. The van der Waals surface area contributed by atoms with Crippen molar-refractivity contribution in [1.82, 2.24) is 13.9 Å². The number of hydrogen-bond acceptors (Lipinski definition) is 5. The number of nitrogens with one attached hydrogen (secondary N) is 1. The first-order valence-electron chi connectivity index (χ1n) is 9.16. The Hall–Kier alpha value is -1.68. The highest BCUT2D eigenvalue weighted by atomic mass is 35.5. The number of aromatic nitrogens is 2. The number of nitrogens with zero attached hydrogens (tertiary/aromatic N) is 3. The molecule has 3 atom stereocenters. The second kappa shape index (κ2) is 7.62. The minimum absolute atomic E-state index is 0.0163. The van der Waals surface area contributed by atoms with E-state index in [1.165, 1.54) is 29.0 Å². The van der Waals surface area contributed by atoms with Gasteiger partial charge in [-0.25, -0.2) is 17.8 Å². The van der Waals surface area contributed by atoms with Crippen molar-refractivity contribution in [3.05, 3.63) is 41.6 Å². The van der Waals surface area contributed by atoms with Crippen molar-refractivity contribution in [3.63, 3.8) is 0 Å². The van der Waals surface area contributed by atoms with E-state index in [4.69, 9.17) is 16.3 Å². The van der Waals surface area contributed by atoms with Gasteiger partial charge in [0.15, 0.2) is 5.03 Å². The van der Waals surface area contributed by atoms with Crippen molar-refractivity contribution in [2.75, 3.05) is 25.0 Å². The van der Waals surface area contributed by atoms with Gasteiger partial charge in [-0.2, -0.15) is 4.31 Å². The van der Waals surface area contributed by atoms with Gasteiger partial charge in [-0.05, 0) is 31.0 Å². The monoisotopic (exact) mass is 428 g/mol. The lowest BCUT2D eigenvalue weighted by atomic mass is 9.94. The fraction of sp³-hybridized carbons (Fsp3) is 0.500. The van der Waals surface area contributed by atoms with E-state index in [9.17, 15) is 12.8 Å². The van der Waals surface area contributed by atoms with Crippen LogP contribution in [-0.2, 0) is 21.8 Å². The van der Waals surface area contributed by atoms with Crippen LogP contribution in [0.15, 0.2) is 35.7 Å². The second-order valence-electron chi connectivity index (χ2n) is 7.29. The lowest BCUT2D eigenvalue weighted by Gasteiger charge is -2.25. The van der Waals surface area contributed by atoms with E-state index in [2.05, 4.69) is 10.3 Å². The summed E-state index contributed by atoms with van der Waals surface area (Å²) in [6.45, 7) is 1.30. The lowest BCUT2D eigenvalue weighted by molar-refractivity contribution is 0.0651. The molecule has 2 fully saturated rings.